The fourth-order valence-corrected chi connectivity index (χ4v) is 4.21. The molecule has 1 aliphatic rings. The molecule has 3 aromatic carbocycles. The fraction of sp³-hybridized carbons (Fsp3) is 0.250. The molecule has 0 saturated heterocycles. The zero-order valence-electron chi connectivity index (χ0n) is 17.8. The molecule has 1 aliphatic heterocycles. The van der Waals surface area contributed by atoms with Crippen molar-refractivity contribution in [3.8, 4) is 17.2 Å². The molecule has 0 atom stereocenters. The number of fused-ring (bicyclic) bond motifs is 2. The molecule has 1 amide bonds. The van der Waals surface area contributed by atoms with Crippen molar-refractivity contribution in [3.05, 3.63) is 57.6 Å². The molecule has 0 spiro atoms. The third-order valence-electron chi connectivity index (χ3n) is 5.12. The normalized spacial score (nSPS) is 12.8. The summed E-state index contributed by atoms with van der Waals surface area (Å²) in [6.07, 6.45) is 0. The van der Waals surface area contributed by atoms with Crippen LogP contribution in [0.2, 0.25) is 10.0 Å². The lowest BCUT2D eigenvalue weighted by Crippen LogP contribution is -2.23. The Bertz CT molecular complexity index is 1220. The zero-order chi connectivity index (χ0) is 23.0. The summed E-state index contributed by atoms with van der Waals surface area (Å²) in [6.45, 7) is 6.17. The largest absolute Gasteiger partial charge is 0.493 e. The second-order valence-corrected chi connectivity index (χ2v) is 7.98. The van der Waals surface area contributed by atoms with Gasteiger partial charge in [-0.05, 0) is 50.2 Å². The summed E-state index contributed by atoms with van der Waals surface area (Å²) in [4.78, 5) is 26.4. The van der Waals surface area contributed by atoms with Crippen molar-refractivity contribution in [2.75, 3.05) is 18.1 Å². The molecule has 4 rings (SSSR count). The highest BCUT2D eigenvalue weighted by atomic mass is 35.5. The van der Waals surface area contributed by atoms with Gasteiger partial charge in [0.05, 0.1) is 35.4 Å². The van der Waals surface area contributed by atoms with Gasteiger partial charge in [0.25, 0.3) is 5.91 Å². The van der Waals surface area contributed by atoms with Crippen LogP contribution in [-0.2, 0) is 11.3 Å². The number of esters is 1. The van der Waals surface area contributed by atoms with E-state index in [1.165, 1.54) is 6.92 Å². The summed E-state index contributed by atoms with van der Waals surface area (Å²) < 4.78 is 17.0. The van der Waals surface area contributed by atoms with Gasteiger partial charge in [0, 0.05) is 28.9 Å². The Morgan fingerprint density at radius 1 is 0.969 bits per heavy atom. The topological polar surface area (TPSA) is 65.1 Å². The summed E-state index contributed by atoms with van der Waals surface area (Å²) in [5.74, 6) is 0.840. The number of anilines is 1. The average molecular weight is 474 g/mol. The summed E-state index contributed by atoms with van der Waals surface area (Å²) in [5, 5.41) is 2.17. The van der Waals surface area contributed by atoms with E-state index < -0.39 is 5.97 Å². The minimum absolute atomic E-state index is 0.211. The summed E-state index contributed by atoms with van der Waals surface area (Å²) in [6, 6.07) is 10.2. The van der Waals surface area contributed by atoms with Crippen LogP contribution < -0.4 is 19.1 Å². The van der Waals surface area contributed by atoms with E-state index in [1.54, 1.807) is 41.3 Å². The Morgan fingerprint density at radius 2 is 1.53 bits per heavy atom. The molecule has 0 aliphatic carbocycles. The second-order valence-electron chi connectivity index (χ2n) is 7.17. The lowest BCUT2D eigenvalue weighted by molar-refractivity contribution is -0.131. The zero-order valence-corrected chi connectivity index (χ0v) is 19.3. The van der Waals surface area contributed by atoms with E-state index in [4.69, 9.17) is 37.4 Å². The molecule has 0 unspecified atom stereocenters. The maximum absolute atomic E-state index is 13.6. The predicted octanol–water partition coefficient (Wildman–Crippen LogP) is 6.03. The summed E-state index contributed by atoms with van der Waals surface area (Å²) in [7, 11) is 0. The number of rotatable bonds is 6. The second kappa shape index (κ2) is 8.88. The molecule has 0 N–H and O–H groups in total. The van der Waals surface area contributed by atoms with Gasteiger partial charge in [-0.25, -0.2) is 0 Å². The maximum Gasteiger partial charge on any atom is 0.308 e. The summed E-state index contributed by atoms with van der Waals surface area (Å²) >= 11 is 12.6. The van der Waals surface area contributed by atoms with Gasteiger partial charge in [0.15, 0.2) is 0 Å². The molecular weight excluding hydrogens is 453 g/mol. The van der Waals surface area contributed by atoms with Gasteiger partial charge in [0.1, 0.15) is 17.2 Å². The Hall–Kier alpha value is -2.96. The Balaban J connectivity index is 1.88. The predicted molar refractivity (Wildman–Crippen MR) is 125 cm³/mol. The third-order valence-corrected chi connectivity index (χ3v) is 5.84. The first-order chi connectivity index (χ1) is 15.3. The minimum Gasteiger partial charge on any atom is -0.493 e. The highest BCUT2D eigenvalue weighted by Gasteiger charge is 2.37. The van der Waals surface area contributed by atoms with Gasteiger partial charge in [-0.2, -0.15) is 0 Å². The lowest BCUT2D eigenvalue weighted by atomic mass is 9.99. The molecule has 0 aromatic heterocycles. The molecule has 6 nitrogen and oxygen atoms in total. The highest BCUT2D eigenvalue weighted by Crippen LogP contribution is 2.48. The standard InChI is InChI=1S/C24H21Cl2NO5/c1-4-30-22-16-10-19(25)20(26)11-17(16)23(31-5-2)21-18(22)12-27(24(21)29)14-6-8-15(9-7-14)32-13(3)28/h6-11H,4-5,12H2,1-3H3. The highest BCUT2D eigenvalue weighted by molar-refractivity contribution is 6.43. The van der Waals surface area contributed by atoms with Gasteiger partial charge in [-0.3, -0.25) is 9.59 Å². The molecule has 0 saturated carbocycles. The quantitative estimate of drug-likeness (QED) is 0.323. The van der Waals surface area contributed by atoms with Gasteiger partial charge < -0.3 is 19.1 Å². The number of hydrogen-bond acceptors (Lipinski definition) is 5. The van der Waals surface area contributed by atoms with E-state index >= 15 is 0 Å². The van der Waals surface area contributed by atoms with Crippen LogP contribution in [0.3, 0.4) is 0 Å². The van der Waals surface area contributed by atoms with Gasteiger partial charge in [0.2, 0.25) is 0 Å². The molecule has 0 fully saturated rings. The van der Waals surface area contributed by atoms with Crippen LogP contribution in [-0.4, -0.2) is 25.1 Å². The fourth-order valence-electron chi connectivity index (χ4n) is 3.88. The molecule has 0 radical (unpaired) electrons. The number of hydrogen-bond donors (Lipinski definition) is 0. The van der Waals surface area contributed by atoms with Crippen molar-refractivity contribution < 1.29 is 23.8 Å². The average Bonchev–Trinajstić information content (AvgIpc) is 3.09. The first-order valence-corrected chi connectivity index (χ1v) is 10.9. The van der Waals surface area contributed by atoms with E-state index in [-0.39, 0.29) is 5.91 Å². The molecule has 1 heterocycles. The number of halogens is 2. The van der Waals surface area contributed by atoms with Crippen LogP contribution in [0.15, 0.2) is 36.4 Å². The van der Waals surface area contributed by atoms with Crippen molar-refractivity contribution in [2.24, 2.45) is 0 Å². The van der Waals surface area contributed by atoms with Crippen LogP contribution in [0.25, 0.3) is 10.8 Å². The number of carbonyl (C=O) groups is 2. The molecule has 166 valence electrons. The maximum atomic E-state index is 13.6. The van der Waals surface area contributed by atoms with Crippen LogP contribution in [0.4, 0.5) is 5.69 Å². The summed E-state index contributed by atoms with van der Waals surface area (Å²) in [5.41, 5.74) is 1.84. The Morgan fingerprint density at radius 3 is 2.09 bits per heavy atom. The van der Waals surface area contributed by atoms with Gasteiger partial charge in [-0.1, -0.05) is 23.2 Å². The molecule has 32 heavy (non-hydrogen) atoms. The van der Waals surface area contributed by atoms with Crippen LogP contribution in [0, 0.1) is 0 Å². The number of nitrogens with zero attached hydrogens (tertiary/aromatic N) is 1. The monoisotopic (exact) mass is 473 g/mol. The molecular formula is C24H21Cl2NO5. The van der Waals surface area contributed by atoms with Crippen molar-refractivity contribution in [2.45, 2.75) is 27.3 Å². The molecule has 3 aromatic rings. The third kappa shape index (κ3) is 3.85. The first kappa shape index (κ1) is 22.2. The van der Waals surface area contributed by atoms with Crippen molar-refractivity contribution in [1.82, 2.24) is 0 Å². The van der Waals surface area contributed by atoms with E-state index in [1.807, 2.05) is 13.8 Å². The Kier molecular flexibility index (Phi) is 6.17. The van der Waals surface area contributed by atoms with Crippen molar-refractivity contribution >= 4 is 51.5 Å². The van der Waals surface area contributed by atoms with Crippen LogP contribution >= 0.6 is 23.2 Å². The molecule has 8 heteroatoms. The van der Waals surface area contributed by atoms with Gasteiger partial charge in [-0.15, -0.1) is 0 Å². The van der Waals surface area contributed by atoms with Crippen molar-refractivity contribution in [1.29, 1.82) is 0 Å². The first-order valence-electron chi connectivity index (χ1n) is 10.2. The minimum atomic E-state index is -0.408. The van der Waals surface area contributed by atoms with E-state index in [0.29, 0.717) is 63.7 Å². The van der Waals surface area contributed by atoms with E-state index in [0.717, 1.165) is 10.9 Å². The lowest BCUT2D eigenvalue weighted by Gasteiger charge is -2.17. The van der Waals surface area contributed by atoms with Crippen LogP contribution in [0.5, 0.6) is 17.2 Å². The van der Waals surface area contributed by atoms with Gasteiger partial charge >= 0.3 is 5.97 Å². The smallest absolute Gasteiger partial charge is 0.308 e. The SMILES string of the molecule is CCOc1c2c(c(OCC)c3cc(Cl)c(Cl)cc13)C(=O)N(c1ccc(OC(C)=O)cc1)C2. The van der Waals surface area contributed by atoms with Crippen molar-refractivity contribution in [3.63, 3.8) is 0 Å². The van der Waals surface area contributed by atoms with Crippen LogP contribution in [0.1, 0.15) is 36.7 Å². The van der Waals surface area contributed by atoms with E-state index in [2.05, 4.69) is 0 Å². The number of amides is 1. The molecule has 0 bridgehead atoms. The number of ether oxygens (including phenoxy) is 3. The number of benzene rings is 3. The van der Waals surface area contributed by atoms with E-state index in [9.17, 15) is 9.59 Å². The number of carbonyl (C=O) groups excluding carboxylic acids is 2. The Labute approximate surface area is 195 Å².